The Morgan fingerprint density at radius 1 is 1.06 bits per heavy atom. The van der Waals surface area contributed by atoms with Gasteiger partial charge in [0.1, 0.15) is 11.4 Å². The summed E-state index contributed by atoms with van der Waals surface area (Å²) in [4.78, 5) is 28.9. The number of carbonyl (C=O) groups excluding carboxylic acids is 2. The summed E-state index contributed by atoms with van der Waals surface area (Å²) >= 11 is 0. The van der Waals surface area contributed by atoms with E-state index in [0.717, 1.165) is 16.7 Å². The molecule has 1 saturated heterocycles. The van der Waals surface area contributed by atoms with Gasteiger partial charge in [0, 0.05) is 13.1 Å². The van der Waals surface area contributed by atoms with Crippen molar-refractivity contribution >= 4 is 12.0 Å². The van der Waals surface area contributed by atoms with Crippen molar-refractivity contribution in [2.45, 2.75) is 51.1 Å². The quantitative estimate of drug-likeness (QED) is 0.655. The smallest absolute Gasteiger partial charge is 0.410 e. The second-order valence-corrected chi connectivity index (χ2v) is 9.67. The van der Waals surface area contributed by atoms with Crippen molar-refractivity contribution < 1.29 is 27.8 Å². The molecule has 3 atom stereocenters. The van der Waals surface area contributed by atoms with Crippen LogP contribution in [-0.2, 0) is 20.7 Å². The minimum atomic E-state index is -1.71. The van der Waals surface area contributed by atoms with E-state index >= 15 is 4.39 Å². The Balaban J connectivity index is 1.58. The molecule has 0 radical (unpaired) electrons. The molecule has 2 amide bonds. The van der Waals surface area contributed by atoms with Gasteiger partial charge in [-0.2, -0.15) is 0 Å². The van der Waals surface area contributed by atoms with Crippen molar-refractivity contribution in [1.29, 1.82) is 0 Å². The van der Waals surface area contributed by atoms with Gasteiger partial charge in [0.15, 0.2) is 12.3 Å². The van der Waals surface area contributed by atoms with Crippen LogP contribution in [0.3, 0.4) is 0 Å². The minimum absolute atomic E-state index is 0.0156. The summed E-state index contributed by atoms with van der Waals surface area (Å²) in [5.74, 6) is -0.855. The number of fused-ring (bicyclic) bond motifs is 1. The Morgan fingerprint density at radius 3 is 2.47 bits per heavy atom. The lowest BCUT2D eigenvalue weighted by Crippen LogP contribution is -2.50. The number of ether oxygens (including phenoxy) is 2. The number of carbonyl (C=O) groups is 2. The highest BCUT2D eigenvalue weighted by molar-refractivity contribution is 5.83. The van der Waals surface area contributed by atoms with E-state index in [0.29, 0.717) is 13.0 Å². The highest BCUT2D eigenvalue weighted by Gasteiger charge is 2.42. The van der Waals surface area contributed by atoms with Gasteiger partial charge in [-0.3, -0.25) is 4.79 Å². The molecule has 4 rings (SSSR count). The summed E-state index contributed by atoms with van der Waals surface area (Å²) in [6, 6.07) is 13.3. The Morgan fingerprint density at radius 2 is 1.76 bits per heavy atom. The molecular formula is C26H30F2N2O4. The first-order valence-electron chi connectivity index (χ1n) is 11.5. The standard InChI is InChI=1S/C26H30F2N2O4/c1-26(2,3)34-25(32)29-14-15-33-23(21(28)16-29)24(31)30-13-12-17-6-4-5-7-20(17)22(30)18-8-10-19(27)11-9-18/h4-11,21-23H,12-16H2,1-3H3/t21-,22-,23-/m0/s1. The zero-order valence-corrected chi connectivity index (χ0v) is 19.7. The summed E-state index contributed by atoms with van der Waals surface area (Å²) in [7, 11) is 0. The van der Waals surface area contributed by atoms with Crippen molar-refractivity contribution in [3.8, 4) is 0 Å². The maximum absolute atomic E-state index is 15.4. The zero-order valence-electron chi connectivity index (χ0n) is 19.7. The first-order chi connectivity index (χ1) is 16.1. The molecule has 2 aromatic carbocycles. The lowest BCUT2D eigenvalue weighted by molar-refractivity contribution is -0.149. The summed E-state index contributed by atoms with van der Waals surface area (Å²) in [5.41, 5.74) is 2.04. The van der Waals surface area contributed by atoms with Crippen molar-refractivity contribution in [1.82, 2.24) is 9.80 Å². The molecule has 0 spiro atoms. The van der Waals surface area contributed by atoms with Crippen LogP contribution in [0.2, 0.25) is 0 Å². The lowest BCUT2D eigenvalue weighted by atomic mass is 9.87. The molecule has 2 aromatic rings. The van der Waals surface area contributed by atoms with Crippen LogP contribution in [0.4, 0.5) is 13.6 Å². The molecule has 6 nitrogen and oxygen atoms in total. The van der Waals surface area contributed by atoms with Crippen LogP contribution >= 0.6 is 0 Å². The summed E-state index contributed by atoms with van der Waals surface area (Å²) in [6.07, 6.45) is -3.08. The topological polar surface area (TPSA) is 59.1 Å². The van der Waals surface area contributed by atoms with E-state index in [9.17, 15) is 14.0 Å². The van der Waals surface area contributed by atoms with Crippen molar-refractivity contribution in [3.05, 3.63) is 71.0 Å². The fraction of sp³-hybridized carbons (Fsp3) is 0.462. The van der Waals surface area contributed by atoms with Gasteiger partial charge in [-0.25, -0.2) is 13.6 Å². The molecule has 0 bridgehead atoms. The molecule has 0 unspecified atom stereocenters. The average Bonchev–Trinajstić information content (AvgIpc) is 2.99. The number of amides is 2. The number of benzene rings is 2. The van der Waals surface area contributed by atoms with Crippen LogP contribution in [0.1, 0.15) is 43.5 Å². The lowest BCUT2D eigenvalue weighted by Gasteiger charge is -2.39. The van der Waals surface area contributed by atoms with Gasteiger partial charge in [0.05, 0.1) is 19.2 Å². The minimum Gasteiger partial charge on any atom is -0.444 e. The monoisotopic (exact) mass is 472 g/mol. The number of rotatable bonds is 2. The maximum atomic E-state index is 15.4. The first kappa shape index (κ1) is 24.1. The van der Waals surface area contributed by atoms with Gasteiger partial charge in [-0.05, 0) is 56.0 Å². The van der Waals surface area contributed by atoms with E-state index in [1.165, 1.54) is 17.0 Å². The van der Waals surface area contributed by atoms with Crippen LogP contribution in [0, 0.1) is 5.82 Å². The number of halogens is 2. The molecule has 0 saturated carbocycles. The maximum Gasteiger partial charge on any atom is 0.410 e. The highest BCUT2D eigenvalue weighted by Crippen LogP contribution is 2.36. The van der Waals surface area contributed by atoms with Crippen LogP contribution in [0.5, 0.6) is 0 Å². The number of hydrogen-bond acceptors (Lipinski definition) is 4. The average molecular weight is 473 g/mol. The van der Waals surface area contributed by atoms with Crippen LogP contribution in [0.15, 0.2) is 48.5 Å². The van der Waals surface area contributed by atoms with Gasteiger partial charge >= 0.3 is 6.09 Å². The molecule has 0 aliphatic carbocycles. The van der Waals surface area contributed by atoms with E-state index in [2.05, 4.69) is 0 Å². The van der Waals surface area contributed by atoms with Gasteiger partial charge in [-0.1, -0.05) is 36.4 Å². The molecule has 34 heavy (non-hydrogen) atoms. The third-order valence-electron chi connectivity index (χ3n) is 6.03. The van der Waals surface area contributed by atoms with Crippen LogP contribution < -0.4 is 0 Å². The van der Waals surface area contributed by atoms with Crippen molar-refractivity contribution in [2.24, 2.45) is 0 Å². The van der Waals surface area contributed by atoms with E-state index in [-0.39, 0.29) is 25.5 Å². The Labute approximate surface area is 198 Å². The van der Waals surface area contributed by atoms with E-state index in [4.69, 9.17) is 9.47 Å². The van der Waals surface area contributed by atoms with Gasteiger partial charge < -0.3 is 19.3 Å². The third-order valence-corrected chi connectivity index (χ3v) is 6.03. The van der Waals surface area contributed by atoms with Gasteiger partial charge in [0.25, 0.3) is 5.91 Å². The summed E-state index contributed by atoms with van der Waals surface area (Å²) in [5, 5.41) is 0. The van der Waals surface area contributed by atoms with Crippen molar-refractivity contribution in [3.63, 3.8) is 0 Å². The Bertz CT molecular complexity index is 1040. The van der Waals surface area contributed by atoms with Crippen molar-refractivity contribution in [2.75, 3.05) is 26.2 Å². The molecule has 0 aromatic heterocycles. The highest BCUT2D eigenvalue weighted by atomic mass is 19.1. The number of nitrogens with zero attached hydrogens (tertiary/aromatic N) is 2. The largest absolute Gasteiger partial charge is 0.444 e. The normalized spacial score (nSPS) is 23.1. The number of alkyl halides is 1. The predicted octanol–water partition coefficient (Wildman–Crippen LogP) is 4.27. The Hall–Kier alpha value is -3.00. The second-order valence-electron chi connectivity index (χ2n) is 9.67. The molecular weight excluding hydrogens is 442 g/mol. The summed E-state index contributed by atoms with van der Waals surface area (Å²) in [6.45, 7) is 5.44. The molecule has 2 heterocycles. The molecule has 182 valence electrons. The molecule has 0 N–H and O–H groups in total. The predicted molar refractivity (Wildman–Crippen MR) is 123 cm³/mol. The van der Waals surface area contributed by atoms with Gasteiger partial charge in [0.2, 0.25) is 0 Å². The van der Waals surface area contributed by atoms with E-state index < -0.39 is 35.9 Å². The van der Waals surface area contributed by atoms with E-state index in [1.807, 2.05) is 24.3 Å². The first-order valence-corrected chi connectivity index (χ1v) is 11.5. The molecule has 8 heteroatoms. The number of hydrogen-bond donors (Lipinski definition) is 0. The second kappa shape index (κ2) is 9.70. The third kappa shape index (κ3) is 5.22. The molecule has 2 aliphatic heterocycles. The zero-order chi connectivity index (χ0) is 24.5. The van der Waals surface area contributed by atoms with Gasteiger partial charge in [-0.15, -0.1) is 0 Å². The fourth-order valence-corrected chi connectivity index (χ4v) is 4.48. The summed E-state index contributed by atoms with van der Waals surface area (Å²) < 4.78 is 40.0. The molecule has 2 aliphatic rings. The SMILES string of the molecule is CC(C)(C)OC(=O)N1CCO[C@H](C(=O)N2CCc3ccccc3[C@@H]2c2ccc(F)cc2)[C@@H](F)C1. The Kier molecular flexibility index (Phi) is 6.89. The fourth-order valence-electron chi connectivity index (χ4n) is 4.48. The van der Waals surface area contributed by atoms with Crippen LogP contribution in [0.25, 0.3) is 0 Å². The van der Waals surface area contributed by atoms with E-state index in [1.54, 1.807) is 37.8 Å². The van der Waals surface area contributed by atoms with Crippen LogP contribution in [-0.4, -0.2) is 65.9 Å². The molecule has 1 fully saturated rings.